The van der Waals surface area contributed by atoms with Gasteiger partial charge in [0, 0.05) is 6.54 Å². The van der Waals surface area contributed by atoms with Crippen LogP contribution in [0, 0.1) is 17.5 Å². The molecule has 1 amide bonds. The highest BCUT2D eigenvalue weighted by molar-refractivity contribution is 5.99. The van der Waals surface area contributed by atoms with Crippen molar-refractivity contribution in [2.24, 2.45) is 0 Å². The lowest BCUT2D eigenvalue weighted by atomic mass is 10.2. The summed E-state index contributed by atoms with van der Waals surface area (Å²) >= 11 is 0. The third kappa shape index (κ3) is 2.08. The van der Waals surface area contributed by atoms with E-state index in [4.69, 9.17) is 0 Å². The van der Waals surface area contributed by atoms with Crippen LogP contribution in [0.15, 0.2) is 12.1 Å². The number of halogens is 3. The third-order valence-electron chi connectivity index (χ3n) is 2.96. The lowest BCUT2D eigenvalue weighted by Gasteiger charge is -2.18. The molecule has 1 heterocycles. The van der Waals surface area contributed by atoms with Crippen molar-refractivity contribution in [3.05, 3.63) is 29.6 Å². The predicted molar refractivity (Wildman–Crippen MR) is 60.8 cm³/mol. The van der Waals surface area contributed by atoms with E-state index < -0.39 is 17.5 Å². The molecule has 18 heavy (non-hydrogen) atoms. The summed E-state index contributed by atoms with van der Waals surface area (Å²) < 4.78 is 39.5. The number of carbonyl (C=O) groups is 1. The summed E-state index contributed by atoms with van der Waals surface area (Å²) in [5, 5.41) is 2.96. The predicted octanol–water partition coefficient (Wildman–Crippen LogP) is 1.82. The number of benzene rings is 1. The number of rotatable bonds is 3. The summed E-state index contributed by atoms with van der Waals surface area (Å²) in [5.41, 5.74) is -0.209. The number of amides is 1. The van der Waals surface area contributed by atoms with Crippen molar-refractivity contribution in [3.8, 4) is 0 Å². The first kappa shape index (κ1) is 12.9. The molecule has 0 radical (unpaired) electrons. The van der Waals surface area contributed by atoms with Crippen LogP contribution in [0.3, 0.4) is 0 Å². The number of carbonyl (C=O) groups excluding carboxylic acids is 1. The second-order valence-corrected chi connectivity index (χ2v) is 4.08. The van der Waals surface area contributed by atoms with Crippen molar-refractivity contribution in [2.45, 2.75) is 19.4 Å². The van der Waals surface area contributed by atoms with Crippen LogP contribution < -0.4 is 10.2 Å². The Morgan fingerprint density at radius 2 is 2.06 bits per heavy atom. The molecule has 1 aliphatic rings. The molecule has 1 N–H and O–H groups in total. The van der Waals surface area contributed by atoms with Crippen molar-refractivity contribution < 1.29 is 18.0 Å². The van der Waals surface area contributed by atoms with Gasteiger partial charge in [0.25, 0.3) is 0 Å². The molecule has 0 aliphatic carbocycles. The highest BCUT2D eigenvalue weighted by Crippen LogP contribution is 2.27. The molecule has 1 atom stereocenters. The Morgan fingerprint density at radius 1 is 1.33 bits per heavy atom. The highest BCUT2D eigenvalue weighted by atomic mass is 19.2. The Balaban J connectivity index is 2.29. The van der Waals surface area contributed by atoms with E-state index in [2.05, 4.69) is 5.32 Å². The molecule has 1 saturated heterocycles. The van der Waals surface area contributed by atoms with E-state index in [0.29, 0.717) is 19.5 Å². The van der Waals surface area contributed by atoms with E-state index in [1.54, 1.807) is 0 Å². The van der Waals surface area contributed by atoms with Gasteiger partial charge in [-0.25, -0.2) is 13.2 Å². The van der Waals surface area contributed by atoms with Crippen molar-refractivity contribution in [1.29, 1.82) is 0 Å². The van der Waals surface area contributed by atoms with Gasteiger partial charge in [0.1, 0.15) is 0 Å². The van der Waals surface area contributed by atoms with Crippen LogP contribution >= 0.6 is 0 Å². The molecule has 6 heteroatoms. The number of nitrogens with zero attached hydrogens (tertiary/aromatic N) is 1. The summed E-state index contributed by atoms with van der Waals surface area (Å²) in [5.74, 6) is -4.44. The van der Waals surface area contributed by atoms with Crippen molar-refractivity contribution >= 4 is 11.6 Å². The molecule has 1 aromatic rings. The molecule has 0 saturated carbocycles. The molecule has 1 aliphatic heterocycles. The van der Waals surface area contributed by atoms with Gasteiger partial charge < -0.3 is 10.2 Å². The number of hydrogen-bond donors (Lipinski definition) is 1. The standard InChI is InChI=1S/C12H13F3N2O/c1-2-16-8-5-6-17(12(8)18)9-4-3-7(13)10(14)11(9)15/h3-4,8,16H,2,5-6H2,1H3. The first-order valence-corrected chi connectivity index (χ1v) is 5.74. The molecule has 3 nitrogen and oxygen atoms in total. The maximum absolute atomic E-state index is 13.6. The van der Waals surface area contributed by atoms with Crippen LogP contribution in [0.4, 0.5) is 18.9 Å². The van der Waals surface area contributed by atoms with E-state index in [9.17, 15) is 18.0 Å². The Labute approximate surface area is 103 Å². The Bertz CT molecular complexity index is 479. The maximum atomic E-state index is 13.6. The van der Waals surface area contributed by atoms with Gasteiger partial charge in [0.15, 0.2) is 17.5 Å². The van der Waals surface area contributed by atoms with Crippen molar-refractivity contribution in [2.75, 3.05) is 18.0 Å². The Hall–Kier alpha value is -1.56. The maximum Gasteiger partial charge on any atom is 0.244 e. The minimum atomic E-state index is -1.55. The van der Waals surface area contributed by atoms with Gasteiger partial charge in [0.2, 0.25) is 5.91 Å². The first-order valence-electron chi connectivity index (χ1n) is 5.74. The quantitative estimate of drug-likeness (QED) is 0.839. The van der Waals surface area contributed by atoms with Crippen LogP contribution in [0.25, 0.3) is 0 Å². The van der Waals surface area contributed by atoms with E-state index in [1.165, 1.54) is 0 Å². The Morgan fingerprint density at radius 3 is 2.72 bits per heavy atom. The minimum absolute atomic E-state index is 0.209. The SMILES string of the molecule is CCNC1CCN(c2ccc(F)c(F)c2F)C1=O. The minimum Gasteiger partial charge on any atom is -0.308 e. The third-order valence-corrected chi connectivity index (χ3v) is 2.96. The van der Waals surface area contributed by atoms with Gasteiger partial charge in [-0.3, -0.25) is 4.79 Å². The second-order valence-electron chi connectivity index (χ2n) is 4.08. The van der Waals surface area contributed by atoms with Gasteiger partial charge in [-0.05, 0) is 25.1 Å². The highest BCUT2D eigenvalue weighted by Gasteiger charge is 2.34. The van der Waals surface area contributed by atoms with Crippen LogP contribution in [0.2, 0.25) is 0 Å². The molecule has 0 aromatic heterocycles. The van der Waals surface area contributed by atoms with Gasteiger partial charge in [-0.2, -0.15) is 0 Å². The zero-order chi connectivity index (χ0) is 13.3. The topological polar surface area (TPSA) is 32.3 Å². The fourth-order valence-electron chi connectivity index (χ4n) is 2.08. The smallest absolute Gasteiger partial charge is 0.244 e. The molecule has 0 spiro atoms. The average molecular weight is 258 g/mol. The van der Waals surface area contributed by atoms with Gasteiger partial charge >= 0.3 is 0 Å². The summed E-state index contributed by atoms with van der Waals surface area (Å²) in [6.45, 7) is 2.76. The number of hydrogen-bond acceptors (Lipinski definition) is 2. The fraction of sp³-hybridized carbons (Fsp3) is 0.417. The normalized spacial score (nSPS) is 19.7. The lowest BCUT2D eigenvalue weighted by Crippen LogP contribution is -2.38. The zero-order valence-corrected chi connectivity index (χ0v) is 9.84. The molecule has 2 rings (SSSR count). The lowest BCUT2D eigenvalue weighted by molar-refractivity contribution is -0.118. The van der Waals surface area contributed by atoms with Crippen LogP contribution in [-0.2, 0) is 4.79 Å². The molecular weight excluding hydrogens is 245 g/mol. The number of nitrogens with one attached hydrogen (secondary N) is 1. The first-order chi connectivity index (χ1) is 8.56. The molecule has 1 aromatic carbocycles. The van der Waals surface area contributed by atoms with Crippen molar-refractivity contribution in [1.82, 2.24) is 5.32 Å². The molecule has 98 valence electrons. The zero-order valence-electron chi connectivity index (χ0n) is 9.84. The fourth-order valence-corrected chi connectivity index (χ4v) is 2.08. The molecule has 1 unspecified atom stereocenters. The number of anilines is 1. The van der Waals surface area contributed by atoms with Crippen LogP contribution in [0.1, 0.15) is 13.3 Å². The second kappa shape index (κ2) is 4.97. The monoisotopic (exact) mass is 258 g/mol. The molecular formula is C12H13F3N2O. The summed E-state index contributed by atoms with van der Waals surface area (Å²) in [6, 6.07) is 1.52. The summed E-state index contributed by atoms with van der Waals surface area (Å²) in [6.07, 6.45) is 0.519. The summed E-state index contributed by atoms with van der Waals surface area (Å²) in [4.78, 5) is 13.1. The van der Waals surface area contributed by atoms with Crippen LogP contribution in [0.5, 0.6) is 0 Å². The van der Waals surface area contributed by atoms with Gasteiger partial charge in [-0.15, -0.1) is 0 Å². The average Bonchev–Trinajstić information content (AvgIpc) is 2.70. The van der Waals surface area contributed by atoms with Gasteiger partial charge in [-0.1, -0.05) is 6.92 Å². The largest absolute Gasteiger partial charge is 0.308 e. The van der Waals surface area contributed by atoms with E-state index in [1.807, 2.05) is 6.92 Å². The molecule has 0 bridgehead atoms. The Kier molecular flexibility index (Phi) is 3.56. The van der Waals surface area contributed by atoms with Gasteiger partial charge in [0.05, 0.1) is 11.7 Å². The number of likely N-dealkylation sites (N-methyl/N-ethyl adjacent to an activating group) is 1. The summed E-state index contributed by atoms with van der Waals surface area (Å²) in [7, 11) is 0. The molecule has 1 fully saturated rings. The van der Waals surface area contributed by atoms with Crippen LogP contribution in [-0.4, -0.2) is 25.0 Å². The van der Waals surface area contributed by atoms with E-state index in [-0.39, 0.29) is 17.6 Å². The van der Waals surface area contributed by atoms with E-state index in [0.717, 1.165) is 17.0 Å². The van der Waals surface area contributed by atoms with E-state index >= 15 is 0 Å². The van der Waals surface area contributed by atoms with Crippen molar-refractivity contribution in [3.63, 3.8) is 0 Å².